The lowest BCUT2D eigenvalue weighted by molar-refractivity contribution is 0.0692. The maximum absolute atomic E-state index is 12.4. The first-order valence-electron chi connectivity index (χ1n) is 8.12. The van der Waals surface area contributed by atoms with E-state index in [1.165, 1.54) is 7.11 Å². The van der Waals surface area contributed by atoms with Gasteiger partial charge in [0, 0.05) is 18.7 Å². The van der Waals surface area contributed by atoms with Crippen LogP contribution in [0.5, 0.6) is 11.5 Å². The molecule has 0 aliphatic carbocycles. The van der Waals surface area contributed by atoms with Gasteiger partial charge >= 0.3 is 5.97 Å². The van der Waals surface area contributed by atoms with Crippen LogP contribution in [-0.2, 0) is 4.74 Å². The van der Waals surface area contributed by atoms with Crippen LogP contribution in [0, 0.1) is 0 Å². The minimum absolute atomic E-state index is 0.295. The number of morpholine rings is 1. The molecule has 1 fully saturated rings. The first-order chi connectivity index (χ1) is 12.6. The van der Waals surface area contributed by atoms with Gasteiger partial charge in [0.15, 0.2) is 11.5 Å². The topological polar surface area (TPSA) is 48.0 Å². The summed E-state index contributed by atoms with van der Waals surface area (Å²) < 4.78 is 16.2. The van der Waals surface area contributed by atoms with Crippen LogP contribution in [0.15, 0.2) is 42.5 Å². The van der Waals surface area contributed by atoms with Gasteiger partial charge in [0.05, 0.1) is 30.9 Å². The van der Waals surface area contributed by atoms with E-state index in [1.54, 1.807) is 36.4 Å². The Bertz CT molecular complexity index is 821. The summed E-state index contributed by atoms with van der Waals surface area (Å²) in [5, 5.41) is 0.335. The van der Waals surface area contributed by atoms with Crippen molar-refractivity contribution in [2.45, 2.75) is 0 Å². The van der Waals surface area contributed by atoms with Crippen LogP contribution in [-0.4, -0.2) is 49.3 Å². The Hall–Kier alpha value is -2.15. The second-order valence-corrected chi connectivity index (χ2v) is 6.43. The molecule has 0 bridgehead atoms. The monoisotopic (exact) mass is 391 g/mol. The van der Waals surface area contributed by atoms with E-state index in [0.717, 1.165) is 23.6 Å². The van der Waals surface area contributed by atoms with Crippen molar-refractivity contribution in [2.75, 3.05) is 33.4 Å². The van der Waals surface area contributed by atoms with Crippen LogP contribution in [0.25, 0.3) is 0 Å². The molecule has 0 atom stereocenters. The highest BCUT2D eigenvalue weighted by molar-refractivity contribution is 7.80. The fourth-order valence-electron chi connectivity index (χ4n) is 2.62. The van der Waals surface area contributed by atoms with Gasteiger partial charge in [-0.25, -0.2) is 4.79 Å². The number of methoxy groups -OCH3 is 1. The summed E-state index contributed by atoms with van der Waals surface area (Å²) in [5.41, 5.74) is 1.13. The lowest BCUT2D eigenvalue weighted by Gasteiger charge is -2.29. The molecule has 2 aromatic rings. The summed E-state index contributed by atoms with van der Waals surface area (Å²) in [6, 6.07) is 12.0. The zero-order valence-electron chi connectivity index (χ0n) is 14.2. The van der Waals surface area contributed by atoms with Crippen LogP contribution in [0.3, 0.4) is 0 Å². The van der Waals surface area contributed by atoms with Gasteiger partial charge in [-0.3, -0.25) is 0 Å². The van der Waals surface area contributed by atoms with E-state index in [9.17, 15) is 4.79 Å². The Morgan fingerprint density at radius 3 is 2.58 bits per heavy atom. The Kier molecular flexibility index (Phi) is 6.08. The molecule has 0 unspecified atom stereocenters. The van der Waals surface area contributed by atoms with E-state index in [4.69, 9.17) is 38.0 Å². The van der Waals surface area contributed by atoms with Crippen LogP contribution in [0.4, 0.5) is 0 Å². The van der Waals surface area contributed by atoms with E-state index in [2.05, 4.69) is 4.90 Å². The summed E-state index contributed by atoms with van der Waals surface area (Å²) in [5.74, 6) is 0.196. The molecule has 1 heterocycles. The third kappa shape index (κ3) is 4.15. The number of hydrogen-bond donors (Lipinski definition) is 0. The Morgan fingerprint density at radius 2 is 1.88 bits per heavy atom. The van der Waals surface area contributed by atoms with Crippen molar-refractivity contribution in [2.24, 2.45) is 0 Å². The van der Waals surface area contributed by atoms with Gasteiger partial charge in [-0.05, 0) is 30.3 Å². The molecule has 0 spiro atoms. The number of halogens is 1. The van der Waals surface area contributed by atoms with Gasteiger partial charge in [0.25, 0.3) is 0 Å². The number of ether oxygens (including phenoxy) is 3. The van der Waals surface area contributed by atoms with Crippen molar-refractivity contribution in [1.82, 2.24) is 4.90 Å². The molecule has 1 saturated heterocycles. The van der Waals surface area contributed by atoms with Crippen LogP contribution in [0.2, 0.25) is 5.02 Å². The lowest BCUT2D eigenvalue weighted by atomic mass is 10.1. The molecule has 0 amide bonds. The highest BCUT2D eigenvalue weighted by Gasteiger charge is 2.19. The van der Waals surface area contributed by atoms with Crippen molar-refractivity contribution in [1.29, 1.82) is 0 Å². The number of thiocarbonyl (C=S) groups is 1. The van der Waals surface area contributed by atoms with E-state index in [0.29, 0.717) is 35.3 Å². The smallest absolute Gasteiger partial charge is 0.345 e. The average molecular weight is 392 g/mol. The number of carbonyl (C=O) groups is 1. The normalized spacial score (nSPS) is 14.0. The zero-order valence-corrected chi connectivity index (χ0v) is 15.8. The number of benzene rings is 2. The molecule has 0 radical (unpaired) electrons. The molecule has 3 rings (SSSR count). The Morgan fingerprint density at radius 1 is 1.15 bits per heavy atom. The molecular formula is C19H18ClNO4S. The molecule has 2 aromatic carbocycles. The molecule has 0 N–H and O–H groups in total. The quantitative estimate of drug-likeness (QED) is 0.451. The van der Waals surface area contributed by atoms with Crippen molar-refractivity contribution in [3.05, 3.63) is 58.6 Å². The first-order valence-corrected chi connectivity index (χ1v) is 8.90. The molecular weight excluding hydrogens is 374 g/mol. The Balaban J connectivity index is 1.79. The number of hydrogen-bond acceptors (Lipinski definition) is 5. The second-order valence-electron chi connectivity index (χ2n) is 5.64. The predicted molar refractivity (Wildman–Crippen MR) is 103 cm³/mol. The Labute approximate surface area is 162 Å². The number of nitrogens with zero attached hydrogens (tertiary/aromatic N) is 1. The average Bonchev–Trinajstić information content (AvgIpc) is 2.68. The van der Waals surface area contributed by atoms with Crippen LogP contribution in [0.1, 0.15) is 15.9 Å². The minimum Gasteiger partial charge on any atom is -0.493 e. The molecule has 1 aliphatic rings. The second kappa shape index (κ2) is 8.49. The van der Waals surface area contributed by atoms with E-state index in [-0.39, 0.29) is 0 Å². The summed E-state index contributed by atoms with van der Waals surface area (Å²) >= 11 is 11.6. The van der Waals surface area contributed by atoms with E-state index >= 15 is 0 Å². The number of esters is 1. The third-order valence-corrected chi connectivity index (χ3v) is 4.83. The molecule has 7 heteroatoms. The van der Waals surface area contributed by atoms with Gasteiger partial charge in [-0.1, -0.05) is 36.0 Å². The minimum atomic E-state index is -0.544. The van der Waals surface area contributed by atoms with Gasteiger partial charge in [0.2, 0.25) is 0 Å². The van der Waals surface area contributed by atoms with Crippen LogP contribution >= 0.6 is 23.8 Å². The molecule has 26 heavy (non-hydrogen) atoms. The zero-order chi connectivity index (χ0) is 18.5. The molecule has 5 nitrogen and oxygen atoms in total. The SMILES string of the molecule is COc1cc(C(=S)N2CCOCC2)ccc1OC(=O)c1ccccc1Cl. The largest absolute Gasteiger partial charge is 0.493 e. The molecule has 136 valence electrons. The summed E-state index contributed by atoms with van der Waals surface area (Å²) in [7, 11) is 1.52. The lowest BCUT2D eigenvalue weighted by Crippen LogP contribution is -2.40. The predicted octanol–water partition coefficient (Wildman–Crippen LogP) is 3.58. The van der Waals surface area contributed by atoms with Gasteiger partial charge in [0.1, 0.15) is 4.99 Å². The third-order valence-electron chi connectivity index (χ3n) is 4.01. The summed E-state index contributed by atoms with van der Waals surface area (Å²) in [4.78, 5) is 15.2. The maximum atomic E-state index is 12.4. The number of carbonyl (C=O) groups excluding carboxylic acids is 1. The fraction of sp³-hybridized carbons (Fsp3) is 0.263. The van der Waals surface area contributed by atoms with Crippen molar-refractivity contribution < 1.29 is 19.0 Å². The molecule has 1 aliphatic heterocycles. The van der Waals surface area contributed by atoms with Crippen molar-refractivity contribution >= 4 is 34.8 Å². The van der Waals surface area contributed by atoms with Crippen LogP contribution < -0.4 is 9.47 Å². The molecule has 0 saturated carbocycles. The highest BCUT2D eigenvalue weighted by Crippen LogP contribution is 2.30. The van der Waals surface area contributed by atoms with E-state index in [1.807, 2.05) is 6.07 Å². The summed E-state index contributed by atoms with van der Waals surface area (Å²) in [6.45, 7) is 2.82. The standard InChI is InChI=1S/C19H18ClNO4S/c1-23-17-12-13(18(26)21-8-10-24-11-9-21)6-7-16(17)25-19(22)14-4-2-3-5-15(14)20/h2-7,12H,8-11H2,1H3. The highest BCUT2D eigenvalue weighted by atomic mass is 35.5. The fourth-order valence-corrected chi connectivity index (χ4v) is 3.14. The van der Waals surface area contributed by atoms with Crippen molar-refractivity contribution in [3.8, 4) is 11.5 Å². The summed E-state index contributed by atoms with van der Waals surface area (Å²) in [6.07, 6.45) is 0. The maximum Gasteiger partial charge on any atom is 0.345 e. The van der Waals surface area contributed by atoms with Gasteiger partial charge in [-0.15, -0.1) is 0 Å². The van der Waals surface area contributed by atoms with E-state index < -0.39 is 5.97 Å². The van der Waals surface area contributed by atoms with Gasteiger partial charge < -0.3 is 19.1 Å². The van der Waals surface area contributed by atoms with Crippen molar-refractivity contribution in [3.63, 3.8) is 0 Å². The number of rotatable bonds is 4. The first kappa shape index (κ1) is 18.6. The molecule has 0 aromatic heterocycles. The van der Waals surface area contributed by atoms with Gasteiger partial charge in [-0.2, -0.15) is 0 Å².